The summed E-state index contributed by atoms with van der Waals surface area (Å²) in [6.07, 6.45) is 0. The van der Waals surface area contributed by atoms with Gasteiger partial charge < -0.3 is 0 Å². The predicted octanol–water partition coefficient (Wildman–Crippen LogP) is 4.18. The highest BCUT2D eigenvalue weighted by Gasteiger charge is 2.15. The first-order valence-electron chi connectivity index (χ1n) is 3.50. The molecular weight excluding hydrogens is 321 g/mol. The third kappa shape index (κ3) is 1.87. The van der Waals surface area contributed by atoms with Crippen LogP contribution in [-0.2, 0) is 6.54 Å². The maximum absolute atomic E-state index is 5.70. The average molecular weight is 325 g/mol. The molecule has 13 heavy (non-hydrogen) atoms. The van der Waals surface area contributed by atoms with Gasteiger partial charge in [-0.1, -0.05) is 37.1 Å². The van der Waals surface area contributed by atoms with Gasteiger partial charge in [0.2, 0.25) is 0 Å². The number of rotatable bonds is 0. The molecule has 1 aliphatic rings. The first kappa shape index (κ1) is 9.43. The van der Waals surface area contributed by atoms with Crippen LogP contribution in [-0.4, -0.2) is 4.53 Å². The number of hydrogen-bond donors (Lipinski definition) is 0. The van der Waals surface area contributed by atoms with Gasteiger partial charge in [-0.05, 0) is 12.1 Å². The van der Waals surface area contributed by atoms with Crippen LogP contribution in [0.4, 0.5) is 5.69 Å². The van der Waals surface area contributed by atoms with Gasteiger partial charge in [0, 0.05) is 26.3 Å². The highest BCUT2D eigenvalue weighted by atomic mass is 79.9. The molecule has 0 N–H and O–H groups in total. The van der Waals surface area contributed by atoms with Crippen molar-refractivity contribution in [1.29, 1.82) is 0 Å². The molecule has 0 aliphatic carbocycles. The van der Waals surface area contributed by atoms with Gasteiger partial charge in [0.15, 0.2) is 0 Å². The molecule has 0 radical (unpaired) electrons. The Morgan fingerprint density at radius 1 is 1.38 bits per heavy atom. The Kier molecular flexibility index (Phi) is 2.58. The van der Waals surface area contributed by atoms with E-state index in [0.29, 0.717) is 6.54 Å². The van der Waals surface area contributed by atoms with Crippen LogP contribution in [0.1, 0.15) is 5.56 Å². The van der Waals surface area contributed by atoms with Crippen LogP contribution in [0.25, 0.3) is 0 Å². The summed E-state index contributed by atoms with van der Waals surface area (Å²) in [7, 11) is 0. The van der Waals surface area contributed by atoms with Gasteiger partial charge in [-0.3, -0.25) is 0 Å². The highest BCUT2D eigenvalue weighted by Crippen LogP contribution is 2.35. The van der Waals surface area contributed by atoms with Crippen LogP contribution in [0.5, 0.6) is 0 Å². The molecule has 1 aromatic carbocycles. The maximum atomic E-state index is 5.70. The number of benzene rings is 1. The van der Waals surface area contributed by atoms with Crippen molar-refractivity contribution in [2.24, 2.45) is 10.3 Å². The second-order valence-corrected chi connectivity index (χ2v) is 4.73. The molecule has 1 aliphatic heterocycles. The fraction of sp³-hybridized carbons (Fsp3) is 0.143. The van der Waals surface area contributed by atoms with E-state index in [4.69, 9.17) is 11.8 Å². The van der Waals surface area contributed by atoms with Crippen LogP contribution in [0.15, 0.2) is 31.4 Å². The standard InChI is InChI=1S/C7H4Br2ClN3/c8-4-1-6(9)5-3-13(10)12-11-7(5)2-4/h1-2H,3H2. The highest BCUT2D eigenvalue weighted by molar-refractivity contribution is 9.11. The monoisotopic (exact) mass is 323 g/mol. The summed E-state index contributed by atoms with van der Waals surface area (Å²) < 4.78 is 3.24. The Balaban J connectivity index is 2.56. The van der Waals surface area contributed by atoms with E-state index in [-0.39, 0.29) is 0 Å². The maximum Gasteiger partial charge on any atom is 0.0948 e. The van der Waals surface area contributed by atoms with Crippen molar-refractivity contribution in [3.05, 3.63) is 26.6 Å². The van der Waals surface area contributed by atoms with Crippen molar-refractivity contribution < 1.29 is 0 Å². The van der Waals surface area contributed by atoms with Crippen LogP contribution in [0, 0.1) is 0 Å². The summed E-state index contributed by atoms with van der Waals surface area (Å²) in [6, 6.07) is 3.87. The van der Waals surface area contributed by atoms with Crippen molar-refractivity contribution in [1.82, 2.24) is 4.53 Å². The number of fused-ring (bicyclic) bond motifs is 1. The predicted molar refractivity (Wildman–Crippen MR) is 57.8 cm³/mol. The third-order valence-electron chi connectivity index (χ3n) is 1.67. The molecule has 6 heteroatoms. The number of hydrogen-bond acceptors (Lipinski definition) is 3. The Morgan fingerprint density at radius 3 is 2.92 bits per heavy atom. The second-order valence-electron chi connectivity index (χ2n) is 2.57. The molecule has 0 amide bonds. The average Bonchev–Trinajstić information content (AvgIpc) is 2.06. The Bertz CT molecular complexity index is 380. The Morgan fingerprint density at radius 2 is 2.15 bits per heavy atom. The van der Waals surface area contributed by atoms with Crippen LogP contribution >= 0.6 is 43.6 Å². The minimum atomic E-state index is 0.564. The lowest BCUT2D eigenvalue weighted by Crippen LogP contribution is -2.07. The van der Waals surface area contributed by atoms with E-state index in [1.54, 1.807) is 0 Å². The van der Waals surface area contributed by atoms with E-state index in [0.717, 1.165) is 20.2 Å². The third-order valence-corrected chi connectivity index (χ3v) is 3.03. The molecule has 0 saturated heterocycles. The summed E-state index contributed by atoms with van der Waals surface area (Å²) in [6.45, 7) is 0.564. The molecule has 3 nitrogen and oxygen atoms in total. The van der Waals surface area contributed by atoms with E-state index >= 15 is 0 Å². The summed E-state index contributed by atoms with van der Waals surface area (Å²) in [4.78, 5) is 0. The van der Waals surface area contributed by atoms with E-state index < -0.39 is 0 Å². The Labute approximate surface area is 97.1 Å². The fourth-order valence-corrected chi connectivity index (χ4v) is 2.58. The van der Waals surface area contributed by atoms with Gasteiger partial charge >= 0.3 is 0 Å². The van der Waals surface area contributed by atoms with E-state index in [9.17, 15) is 0 Å². The van der Waals surface area contributed by atoms with Crippen molar-refractivity contribution in [3.63, 3.8) is 0 Å². The Hall–Kier alpha value is -0.130. The molecule has 0 atom stereocenters. The van der Waals surface area contributed by atoms with Gasteiger partial charge in [-0.25, -0.2) is 0 Å². The summed E-state index contributed by atoms with van der Waals surface area (Å²) in [5.74, 6) is 0. The SMILES string of the molecule is ClN1Cc2c(Br)cc(Br)cc2N=N1. The topological polar surface area (TPSA) is 28.0 Å². The van der Waals surface area contributed by atoms with Crippen molar-refractivity contribution in [2.75, 3.05) is 0 Å². The normalized spacial score (nSPS) is 14.5. The van der Waals surface area contributed by atoms with E-state index in [1.165, 1.54) is 4.53 Å². The largest absolute Gasteiger partial charge is 0.182 e. The molecule has 0 saturated carbocycles. The molecule has 0 spiro atoms. The van der Waals surface area contributed by atoms with Gasteiger partial charge in [-0.2, -0.15) is 4.53 Å². The first-order valence-corrected chi connectivity index (χ1v) is 5.42. The van der Waals surface area contributed by atoms with Gasteiger partial charge in [0.25, 0.3) is 0 Å². The van der Waals surface area contributed by atoms with Crippen LogP contribution in [0.2, 0.25) is 0 Å². The zero-order chi connectivity index (χ0) is 9.42. The van der Waals surface area contributed by atoms with Crippen molar-refractivity contribution >= 4 is 49.3 Å². The van der Waals surface area contributed by atoms with Gasteiger partial charge in [0.05, 0.1) is 12.2 Å². The molecule has 0 aromatic heterocycles. The van der Waals surface area contributed by atoms with Gasteiger partial charge in [0.1, 0.15) is 0 Å². The summed E-state index contributed by atoms with van der Waals surface area (Å²) >= 11 is 12.5. The lowest BCUT2D eigenvalue weighted by atomic mass is 10.2. The molecule has 0 bridgehead atoms. The number of nitrogens with zero attached hydrogens (tertiary/aromatic N) is 3. The quantitative estimate of drug-likeness (QED) is 0.658. The van der Waals surface area contributed by atoms with Crippen LogP contribution in [0.3, 0.4) is 0 Å². The lowest BCUT2D eigenvalue weighted by Gasteiger charge is -2.16. The first-order chi connectivity index (χ1) is 6.16. The molecule has 1 heterocycles. The molecule has 0 unspecified atom stereocenters. The summed E-state index contributed by atoms with van der Waals surface area (Å²) in [5.41, 5.74) is 1.89. The smallest absolute Gasteiger partial charge is 0.0948 e. The van der Waals surface area contributed by atoms with E-state index in [2.05, 4.69) is 42.2 Å². The summed E-state index contributed by atoms with van der Waals surface area (Å²) in [5, 5.41) is 7.69. The molecule has 68 valence electrons. The van der Waals surface area contributed by atoms with Crippen molar-refractivity contribution in [3.8, 4) is 0 Å². The molecule has 2 rings (SSSR count). The molecule has 1 aromatic rings. The van der Waals surface area contributed by atoms with Gasteiger partial charge in [-0.15, -0.1) is 5.11 Å². The zero-order valence-electron chi connectivity index (χ0n) is 6.34. The fourth-order valence-electron chi connectivity index (χ4n) is 1.09. The van der Waals surface area contributed by atoms with Crippen molar-refractivity contribution in [2.45, 2.75) is 6.54 Å². The minimum absolute atomic E-state index is 0.564. The van der Waals surface area contributed by atoms with Crippen LogP contribution < -0.4 is 0 Å². The second kappa shape index (κ2) is 3.55. The zero-order valence-corrected chi connectivity index (χ0v) is 10.3. The molecule has 0 fully saturated rings. The van der Waals surface area contributed by atoms with E-state index in [1.807, 2.05) is 12.1 Å². The minimum Gasteiger partial charge on any atom is -0.182 e. The molecular formula is C7H4Br2ClN3. The lowest BCUT2D eigenvalue weighted by molar-refractivity contribution is 0.435. The number of halogens is 3.